The standard InChI is InChI=1S/C22H27N5O3/c1-22(2,3)30-21(28)26-10-5-13-29-19-8-11-27-20(25-19)18(15-24-27)16-6-4-7-17(14-16)23-9-12-26/h4,6-8,11,14-15,23H,5,9-10,12-13H2,1-3H3. The van der Waals surface area contributed by atoms with Crippen LogP contribution in [0.25, 0.3) is 16.8 Å². The van der Waals surface area contributed by atoms with Gasteiger partial charge in [-0.05, 0) is 44.9 Å². The van der Waals surface area contributed by atoms with Gasteiger partial charge in [-0.2, -0.15) is 10.1 Å². The molecule has 0 spiro atoms. The Labute approximate surface area is 175 Å². The lowest BCUT2D eigenvalue weighted by atomic mass is 10.1. The number of ether oxygens (including phenoxy) is 2. The topological polar surface area (TPSA) is 81.0 Å². The molecule has 0 fully saturated rings. The zero-order valence-electron chi connectivity index (χ0n) is 17.6. The van der Waals surface area contributed by atoms with Crippen LogP contribution in [0.5, 0.6) is 5.88 Å². The van der Waals surface area contributed by atoms with Crippen molar-refractivity contribution in [2.45, 2.75) is 32.8 Å². The molecule has 158 valence electrons. The van der Waals surface area contributed by atoms with E-state index in [2.05, 4.69) is 21.5 Å². The molecule has 1 aromatic carbocycles. The van der Waals surface area contributed by atoms with Gasteiger partial charge in [-0.3, -0.25) is 0 Å². The van der Waals surface area contributed by atoms with Gasteiger partial charge in [-0.1, -0.05) is 12.1 Å². The summed E-state index contributed by atoms with van der Waals surface area (Å²) in [4.78, 5) is 19.0. The highest BCUT2D eigenvalue weighted by molar-refractivity contribution is 5.79. The molecule has 8 nitrogen and oxygen atoms in total. The summed E-state index contributed by atoms with van der Waals surface area (Å²) in [7, 11) is 0. The van der Waals surface area contributed by atoms with Crippen molar-refractivity contribution in [1.82, 2.24) is 19.5 Å². The molecule has 8 heteroatoms. The average Bonchev–Trinajstić information content (AvgIpc) is 3.11. The summed E-state index contributed by atoms with van der Waals surface area (Å²) in [5, 5.41) is 7.80. The van der Waals surface area contributed by atoms with Crippen molar-refractivity contribution < 1.29 is 14.3 Å². The second-order valence-electron chi connectivity index (χ2n) is 8.27. The maximum atomic E-state index is 12.6. The Kier molecular flexibility index (Phi) is 5.48. The van der Waals surface area contributed by atoms with Crippen molar-refractivity contribution >= 4 is 17.4 Å². The number of hydrogen-bond acceptors (Lipinski definition) is 6. The average molecular weight is 409 g/mol. The largest absolute Gasteiger partial charge is 0.478 e. The van der Waals surface area contributed by atoms with Gasteiger partial charge in [0.2, 0.25) is 5.88 Å². The number of carbonyl (C=O) groups is 1. The summed E-state index contributed by atoms with van der Waals surface area (Å²) >= 11 is 0. The Bertz CT molecular complexity index is 1040. The molecule has 0 radical (unpaired) electrons. The van der Waals surface area contributed by atoms with Crippen molar-refractivity contribution in [3.05, 3.63) is 42.7 Å². The van der Waals surface area contributed by atoms with E-state index in [4.69, 9.17) is 9.47 Å². The highest BCUT2D eigenvalue weighted by atomic mass is 16.6. The van der Waals surface area contributed by atoms with Gasteiger partial charge in [-0.15, -0.1) is 0 Å². The molecule has 1 aliphatic rings. The van der Waals surface area contributed by atoms with E-state index in [1.165, 1.54) is 0 Å². The first kappa shape index (κ1) is 20.0. The van der Waals surface area contributed by atoms with Crippen molar-refractivity contribution in [1.29, 1.82) is 0 Å². The number of hydrogen-bond donors (Lipinski definition) is 1. The first-order valence-corrected chi connectivity index (χ1v) is 10.2. The second-order valence-corrected chi connectivity index (χ2v) is 8.27. The minimum absolute atomic E-state index is 0.315. The molecule has 0 saturated carbocycles. The van der Waals surface area contributed by atoms with Gasteiger partial charge in [0.25, 0.3) is 0 Å². The Morgan fingerprint density at radius 1 is 1.23 bits per heavy atom. The predicted octanol–water partition coefficient (Wildman–Crippen LogP) is 3.83. The molecule has 0 atom stereocenters. The summed E-state index contributed by atoms with van der Waals surface area (Å²) in [5.74, 6) is 0.539. The molecular weight excluding hydrogens is 382 g/mol. The number of rotatable bonds is 0. The fraction of sp³-hybridized carbons (Fsp3) is 0.409. The molecule has 30 heavy (non-hydrogen) atoms. The number of benzene rings is 1. The predicted molar refractivity (Wildman–Crippen MR) is 115 cm³/mol. The Hall–Kier alpha value is -3.29. The maximum Gasteiger partial charge on any atom is 0.410 e. The fourth-order valence-electron chi connectivity index (χ4n) is 3.32. The van der Waals surface area contributed by atoms with Crippen LogP contribution in [0.4, 0.5) is 10.5 Å². The van der Waals surface area contributed by atoms with Crippen LogP contribution in [0.15, 0.2) is 42.7 Å². The highest BCUT2D eigenvalue weighted by Crippen LogP contribution is 2.27. The second kappa shape index (κ2) is 8.22. The summed E-state index contributed by atoms with van der Waals surface area (Å²) in [5.41, 5.74) is 3.13. The van der Waals surface area contributed by atoms with Gasteiger partial charge in [0.05, 0.1) is 12.8 Å². The molecule has 3 heterocycles. The first-order valence-electron chi connectivity index (χ1n) is 10.2. The molecule has 0 aliphatic carbocycles. The SMILES string of the molecule is CC(C)(C)OC(=O)N1CCCOc2ccn3ncc(c3n2)-c2cccc(c2)NCC1. The highest BCUT2D eigenvalue weighted by Gasteiger charge is 2.22. The molecule has 1 N–H and O–H groups in total. The molecule has 2 aromatic heterocycles. The van der Waals surface area contributed by atoms with E-state index in [0.717, 1.165) is 22.5 Å². The molecule has 3 aromatic rings. The van der Waals surface area contributed by atoms with Gasteiger partial charge in [0.1, 0.15) is 5.60 Å². The third-order valence-electron chi connectivity index (χ3n) is 4.70. The van der Waals surface area contributed by atoms with E-state index in [9.17, 15) is 4.79 Å². The number of fused-ring (bicyclic) bond motifs is 4. The molecule has 1 aliphatic heterocycles. The molecular formula is C22H27N5O3. The Balaban J connectivity index is 1.61. The number of nitrogens with zero attached hydrogens (tertiary/aromatic N) is 4. The summed E-state index contributed by atoms with van der Waals surface area (Å²) in [6.07, 6.45) is 4.01. The lowest BCUT2D eigenvalue weighted by molar-refractivity contribution is 0.0249. The van der Waals surface area contributed by atoms with Gasteiger partial charge >= 0.3 is 6.09 Å². The van der Waals surface area contributed by atoms with E-state index >= 15 is 0 Å². The third-order valence-corrected chi connectivity index (χ3v) is 4.70. The zero-order chi connectivity index (χ0) is 21.1. The monoisotopic (exact) mass is 409 g/mol. The quantitative estimate of drug-likeness (QED) is 0.608. The molecule has 0 unspecified atom stereocenters. The lowest BCUT2D eigenvalue weighted by Crippen LogP contribution is -2.40. The van der Waals surface area contributed by atoms with Gasteiger partial charge < -0.3 is 19.7 Å². The van der Waals surface area contributed by atoms with Crippen molar-refractivity contribution in [2.75, 3.05) is 31.6 Å². The number of nitrogens with one attached hydrogen (secondary N) is 1. The van der Waals surface area contributed by atoms with Crippen LogP contribution in [0.3, 0.4) is 0 Å². The van der Waals surface area contributed by atoms with Gasteiger partial charge in [0, 0.05) is 43.1 Å². The molecule has 4 bridgehead atoms. The van der Waals surface area contributed by atoms with Gasteiger partial charge in [-0.25, -0.2) is 9.31 Å². The fourth-order valence-corrected chi connectivity index (χ4v) is 3.32. The minimum atomic E-state index is -0.534. The van der Waals surface area contributed by atoms with Crippen LogP contribution in [0.1, 0.15) is 27.2 Å². The smallest absolute Gasteiger partial charge is 0.410 e. The van der Waals surface area contributed by atoms with Crippen molar-refractivity contribution in [2.24, 2.45) is 0 Å². The maximum absolute atomic E-state index is 12.6. The first-order chi connectivity index (χ1) is 14.4. The van der Waals surface area contributed by atoms with Crippen LogP contribution in [-0.2, 0) is 4.74 Å². The summed E-state index contributed by atoms with van der Waals surface area (Å²) in [6, 6.07) is 9.88. The Morgan fingerprint density at radius 3 is 2.93 bits per heavy atom. The van der Waals surface area contributed by atoms with Crippen LogP contribution < -0.4 is 10.1 Å². The van der Waals surface area contributed by atoms with Crippen LogP contribution in [0.2, 0.25) is 0 Å². The van der Waals surface area contributed by atoms with Crippen LogP contribution in [-0.4, -0.2) is 57.4 Å². The van der Waals surface area contributed by atoms with E-state index < -0.39 is 5.60 Å². The molecule has 1 amide bonds. The van der Waals surface area contributed by atoms with E-state index in [1.807, 2.05) is 51.4 Å². The van der Waals surface area contributed by atoms with Crippen molar-refractivity contribution in [3.63, 3.8) is 0 Å². The minimum Gasteiger partial charge on any atom is -0.478 e. The van der Waals surface area contributed by atoms with E-state index in [-0.39, 0.29) is 6.09 Å². The summed E-state index contributed by atoms with van der Waals surface area (Å²) in [6.45, 7) is 7.75. The van der Waals surface area contributed by atoms with Crippen LogP contribution >= 0.6 is 0 Å². The normalized spacial score (nSPS) is 15.1. The Morgan fingerprint density at radius 2 is 2.10 bits per heavy atom. The van der Waals surface area contributed by atoms with Crippen molar-refractivity contribution in [3.8, 4) is 17.0 Å². The number of aromatic nitrogens is 3. The summed E-state index contributed by atoms with van der Waals surface area (Å²) < 4.78 is 13.2. The van der Waals surface area contributed by atoms with Gasteiger partial charge in [0.15, 0.2) is 5.65 Å². The molecule has 4 rings (SSSR count). The van der Waals surface area contributed by atoms with E-state index in [1.54, 1.807) is 15.5 Å². The number of amides is 1. The zero-order valence-corrected chi connectivity index (χ0v) is 17.6. The number of anilines is 1. The van der Waals surface area contributed by atoms with E-state index in [0.29, 0.717) is 38.5 Å². The van der Waals surface area contributed by atoms with Crippen LogP contribution in [0, 0.1) is 0 Å². The number of carbonyl (C=O) groups excluding carboxylic acids is 1. The lowest BCUT2D eigenvalue weighted by Gasteiger charge is -2.27. The third kappa shape index (κ3) is 4.64. The molecule has 0 saturated heterocycles.